The summed E-state index contributed by atoms with van der Waals surface area (Å²) < 4.78 is 5.50. The van der Waals surface area contributed by atoms with Gasteiger partial charge in [-0.05, 0) is 24.0 Å². The average molecular weight is 241 g/mol. The molecule has 1 aliphatic rings. The summed E-state index contributed by atoms with van der Waals surface area (Å²) in [7, 11) is 0. The fourth-order valence-electron chi connectivity index (χ4n) is 1.91. The van der Waals surface area contributed by atoms with Crippen LogP contribution >= 0.6 is 11.6 Å². The topological polar surface area (TPSA) is 46.5 Å². The molecule has 0 aromatic heterocycles. The van der Waals surface area contributed by atoms with Gasteiger partial charge in [0.15, 0.2) is 0 Å². The van der Waals surface area contributed by atoms with E-state index in [-0.39, 0.29) is 11.0 Å². The molecule has 16 heavy (non-hydrogen) atoms. The van der Waals surface area contributed by atoms with Gasteiger partial charge in [0.25, 0.3) is 0 Å². The van der Waals surface area contributed by atoms with Crippen LogP contribution in [0.4, 0.5) is 0 Å². The van der Waals surface area contributed by atoms with Crippen molar-refractivity contribution in [3.05, 3.63) is 28.3 Å². The number of fused-ring (bicyclic) bond motifs is 1. The Kier molecular flexibility index (Phi) is 2.58. The number of aromatic carboxylic acids is 1. The molecule has 0 radical (unpaired) electrons. The van der Waals surface area contributed by atoms with Crippen molar-refractivity contribution in [1.29, 1.82) is 0 Å². The third-order valence-electron chi connectivity index (χ3n) is 2.99. The summed E-state index contributed by atoms with van der Waals surface area (Å²) in [5.74, 6) is -0.339. The van der Waals surface area contributed by atoms with Crippen LogP contribution in [0.5, 0.6) is 5.75 Å². The number of halogens is 1. The first-order valence-electron chi connectivity index (χ1n) is 5.12. The SMILES string of the molecule is CC1(C)CCOc2c(Cl)cc(C(=O)O)cc21. The fourth-order valence-corrected chi connectivity index (χ4v) is 2.18. The maximum atomic E-state index is 11.0. The Balaban J connectivity index is 2.64. The van der Waals surface area contributed by atoms with Gasteiger partial charge in [0.05, 0.1) is 17.2 Å². The van der Waals surface area contributed by atoms with Crippen LogP contribution in [0.15, 0.2) is 12.1 Å². The van der Waals surface area contributed by atoms with Crippen molar-refractivity contribution in [1.82, 2.24) is 0 Å². The van der Waals surface area contributed by atoms with Crippen LogP contribution in [0.25, 0.3) is 0 Å². The Morgan fingerprint density at radius 2 is 2.19 bits per heavy atom. The van der Waals surface area contributed by atoms with Crippen LogP contribution in [0.3, 0.4) is 0 Å². The molecule has 0 saturated heterocycles. The van der Waals surface area contributed by atoms with Crippen LogP contribution < -0.4 is 4.74 Å². The Bertz CT molecular complexity index is 452. The van der Waals surface area contributed by atoms with E-state index in [9.17, 15) is 4.79 Å². The molecule has 1 aromatic carbocycles. The summed E-state index contributed by atoms with van der Waals surface area (Å²) in [5.41, 5.74) is 0.994. The number of hydrogen-bond acceptors (Lipinski definition) is 2. The molecule has 1 aliphatic heterocycles. The van der Waals surface area contributed by atoms with E-state index in [1.54, 1.807) is 6.07 Å². The Labute approximate surface area is 99.0 Å². The van der Waals surface area contributed by atoms with Crippen molar-refractivity contribution in [2.75, 3.05) is 6.61 Å². The number of benzene rings is 1. The normalized spacial score (nSPS) is 17.4. The molecule has 1 heterocycles. The Morgan fingerprint density at radius 1 is 1.50 bits per heavy atom. The first-order chi connectivity index (χ1) is 7.42. The molecule has 0 atom stereocenters. The second-order valence-corrected chi connectivity index (χ2v) is 5.03. The highest BCUT2D eigenvalue weighted by atomic mass is 35.5. The smallest absolute Gasteiger partial charge is 0.335 e. The predicted octanol–water partition coefficient (Wildman–Crippen LogP) is 3.10. The summed E-state index contributed by atoms with van der Waals surface area (Å²) in [4.78, 5) is 11.0. The van der Waals surface area contributed by atoms with E-state index in [4.69, 9.17) is 21.4 Å². The molecule has 2 rings (SSSR count). The van der Waals surface area contributed by atoms with E-state index in [1.807, 2.05) is 0 Å². The molecular weight excluding hydrogens is 228 g/mol. The van der Waals surface area contributed by atoms with E-state index in [0.717, 1.165) is 12.0 Å². The molecule has 0 unspecified atom stereocenters. The summed E-state index contributed by atoms with van der Waals surface area (Å²) >= 11 is 6.03. The van der Waals surface area contributed by atoms with E-state index in [1.165, 1.54) is 6.07 Å². The number of carboxylic acids is 1. The minimum Gasteiger partial charge on any atom is -0.492 e. The van der Waals surface area contributed by atoms with E-state index in [2.05, 4.69) is 13.8 Å². The molecule has 3 nitrogen and oxygen atoms in total. The summed E-state index contributed by atoms with van der Waals surface area (Å²) in [5, 5.41) is 9.36. The monoisotopic (exact) mass is 240 g/mol. The third kappa shape index (κ3) is 1.76. The average Bonchev–Trinajstić information content (AvgIpc) is 2.18. The van der Waals surface area contributed by atoms with Gasteiger partial charge in [-0.3, -0.25) is 0 Å². The lowest BCUT2D eigenvalue weighted by Crippen LogP contribution is -2.27. The summed E-state index contributed by atoms with van der Waals surface area (Å²) in [6.07, 6.45) is 0.861. The van der Waals surface area contributed by atoms with Crippen LogP contribution in [0.2, 0.25) is 5.02 Å². The van der Waals surface area contributed by atoms with Crippen LogP contribution in [0.1, 0.15) is 36.2 Å². The minimum absolute atomic E-state index is 0.0946. The predicted molar refractivity (Wildman–Crippen MR) is 61.5 cm³/mol. The summed E-state index contributed by atoms with van der Waals surface area (Å²) in [6.45, 7) is 4.75. The van der Waals surface area contributed by atoms with Crippen molar-refractivity contribution < 1.29 is 14.6 Å². The van der Waals surface area contributed by atoms with Gasteiger partial charge in [0, 0.05) is 5.56 Å². The van der Waals surface area contributed by atoms with Gasteiger partial charge in [0.2, 0.25) is 0 Å². The Morgan fingerprint density at radius 3 is 2.81 bits per heavy atom. The zero-order valence-corrected chi connectivity index (χ0v) is 9.97. The maximum Gasteiger partial charge on any atom is 0.335 e. The van der Waals surface area contributed by atoms with Crippen molar-refractivity contribution in [3.8, 4) is 5.75 Å². The first kappa shape index (κ1) is 11.3. The molecule has 1 N–H and O–H groups in total. The highest BCUT2D eigenvalue weighted by Crippen LogP contribution is 2.42. The Hall–Kier alpha value is -1.22. The molecule has 0 saturated carbocycles. The van der Waals surface area contributed by atoms with E-state index >= 15 is 0 Å². The zero-order chi connectivity index (χ0) is 11.9. The highest BCUT2D eigenvalue weighted by molar-refractivity contribution is 6.32. The standard InChI is InChI=1S/C12H13ClO3/c1-12(2)3-4-16-10-8(12)5-7(11(14)15)6-9(10)13/h5-6H,3-4H2,1-2H3,(H,14,15). The molecular formula is C12H13ClO3. The van der Waals surface area contributed by atoms with Crippen molar-refractivity contribution in [2.45, 2.75) is 25.7 Å². The highest BCUT2D eigenvalue weighted by Gasteiger charge is 2.31. The largest absolute Gasteiger partial charge is 0.492 e. The quantitative estimate of drug-likeness (QED) is 0.821. The van der Waals surface area contributed by atoms with Gasteiger partial charge >= 0.3 is 5.97 Å². The van der Waals surface area contributed by atoms with Gasteiger partial charge in [-0.15, -0.1) is 0 Å². The number of rotatable bonds is 1. The van der Waals surface area contributed by atoms with Crippen molar-refractivity contribution in [2.24, 2.45) is 0 Å². The molecule has 1 aromatic rings. The van der Waals surface area contributed by atoms with Crippen LogP contribution in [-0.2, 0) is 5.41 Å². The molecule has 0 bridgehead atoms. The maximum absolute atomic E-state index is 11.0. The number of carbonyl (C=O) groups is 1. The van der Waals surface area contributed by atoms with Gasteiger partial charge in [-0.1, -0.05) is 25.4 Å². The lowest BCUT2D eigenvalue weighted by molar-refractivity contribution is 0.0696. The summed E-state index contributed by atoms with van der Waals surface area (Å²) in [6, 6.07) is 3.09. The van der Waals surface area contributed by atoms with Crippen molar-refractivity contribution >= 4 is 17.6 Å². The van der Waals surface area contributed by atoms with Gasteiger partial charge in [-0.25, -0.2) is 4.79 Å². The van der Waals surface area contributed by atoms with Crippen LogP contribution in [-0.4, -0.2) is 17.7 Å². The zero-order valence-electron chi connectivity index (χ0n) is 9.21. The lowest BCUT2D eigenvalue weighted by Gasteiger charge is -2.33. The van der Waals surface area contributed by atoms with Gasteiger partial charge in [0.1, 0.15) is 5.75 Å². The molecule has 4 heteroatoms. The second kappa shape index (κ2) is 3.67. The van der Waals surface area contributed by atoms with Gasteiger partial charge < -0.3 is 9.84 Å². The van der Waals surface area contributed by atoms with Gasteiger partial charge in [-0.2, -0.15) is 0 Å². The number of hydrogen-bond donors (Lipinski definition) is 1. The minimum atomic E-state index is -0.967. The van der Waals surface area contributed by atoms with Crippen LogP contribution in [0, 0.1) is 0 Å². The number of carboxylic acid groups (broad SMARTS) is 1. The van der Waals surface area contributed by atoms with E-state index in [0.29, 0.717) is 17.4 Å². The fraction of sp³-hybridized carbons (Fsp3) is 0.417. The molecule has 0 aliphatic carbocycles. The van der Waals surface area contributed by atoms with E-state index < -0.39 is 5.97 Å². The molecule has 86 valence electrons. The molecule has 0 amide bonds. The third-order valence-corrected chi connectivity index (χ3v) is 3.27. The molecule has 0 spiro atoms. The lowest BCUT2D eigenvalue weighted by atomic mass is 9.79. The second-order valence-electron chi connectivity index (χ2n) is 4.62. The molecule has 0 fully saturated rings. The van der Waals surface area contributed by atoms with Crippen molar-refractivity contribution in [3.63, 3.8) is 0 Å². The first-order valence-corrected chi connectivity index (χ1v) is 5.50. The number of ether oxygens (including phenoxy) is 1.